The van der Waals surface area contributed by atoms with Crippen molar-refractivity contribution in [3.05, 3.63) is 17.4 Å². The quantitative estimate of drug-likeness (QED) is 0.710. The highest BCUT2D eigenvalue weighted by atomic mass is 32.1. The second kappa shape index (κ2) is 7.93. The minimum atomic E-state index is 0.532. The van der Waals surface area contributed by atoms with Gasteiger partial charge in [0.1, 0.15) is 5.01 Å². The standard InChI is InChI=1S/C12H19N5O2S/c1-3-5-17-9-10(7-14-17)19-12-16-15-11(20-12)8-13-4-6-18-2/h7,9,13H,3-6,8H2,1-2H3. The predicted molar refractivity (Wildman–Crippen MR) is 76.1 cm³/mol. The van der Waals surface area contributed by atoms with E-state index in [9.17, 15) is 0 Å². The number of hydrogen-bond acceptors (Lipinski definition) is 7. The summed E-state index contributed by atoms with van der Waals surface area (Å²) < 4.78 is 12.4. The maximum Gasteiger partial charge on any atom is 0.299 e. The Hall–Kier alpha value is -1.51. The zero-order chi connectivity index (χ0) is 14.2. The molecule has 0 unspecified atom stereocenters. The number of rotatable bonds is 9. The summed E-state index contributed by atoms with van der Waals surface area (Å²) in [7, 11) is 1.68. The number of hydrogen-bond donors (Lipinski definition) is 1. The lowest BCUT2D eigenvalue weighted by Crippen LogP contribution is -2.18. The maximum absolute atomic E-state index is 5.62. The Morgan fingerprint density at radius 3 is 3.10 bits per heavy atom. The highest BCUT2D eigenvalue weighted by Crippen LogP contribution is 2.24. The van der Waals surface area contributed by atoms with Gasteiger partial charge in [-0.1, -0.05) is 23.4 Å². The van der Waals surface area contributed by atoms with Gasteiger partial charge in [-0.2, -0.15) is 5.10 Å². The number of nitrogens with one attached hydrogen (secondary N) is 1. The van der Waals surface area contributed by atoms with E-state index in [1.165, 1.54) is 11.3 Å². The Bertz CT molecular complexity index is 513. The second-order valence-corrected chi connectivity index (χ2v) is 5.20. The third kappa shape index (κ3) is 4.55. The summed E-state index contributed by atoms with van der Waals surface area (Å²) in [6.07, 6.45) is 4.59. The van der Waals surface area contributed by atoms with Crippen LogP contribution in [-0.4, -0.2) is 40.2 Å². The van der Waals surface area contributed by atoms with Crippen LogP contribution in [0.3, 0.4) is 0 Å². The van der Waals surface area contributed by atoms with Crippen LogP contribution in [0.5, 0.6) is 10.9 Å². The van der Waals surface area contributed by atoms with Crippen LogP contribution in [0.15, 0.2) is 12.4 Å². The molecule has 2 aromatic rings. The lowest BCUT2D eigenvalue weighted by Gasteiger charge is -1.99. The van der Waals surface area contributed by atoms with Gasteiger partial charge in [0.2, 0.25) is 0 Å². The molecular formula is C12H19N5O2S. The molecule has 0 atom stereocenters. The van der Waals surface area contributed by atoms with Gasteiger partial charge >= 0.3 is 0 Å². The van der Waals surface area contributed by atoms with E-state index >= 15 is 0 Å². The molecule has 7 nitrogen and oxygen atoms in total. The molecule has 0 amide bonds. The Labute approximate surface area is 121 Å². The minimum absolute atomic E-state index is 0.532. The Morgan fingerprint density at radius 1 is 1.40 bits per heavy atom. The molecule has 2 heterocycles. The molecular weight excluding hydrogens is 278 g/mol. The third-order valence-electron chi connectivity index (χ3n) is 2.47. The Balaban J connectivity index is 1.82. The van der Waals surface area contributed by atoms with Gasteiger partial charge < -0.3 is 14.8 Å². The van der Waals surface area contributed by atoms with E-state index in [1.807, 2.05) is 10.9 Å². The van der Waals surface area contributed by atoms with E-state index in [-0.39, 0.29) is 0 Å². The summed E-state index contributed by atoms with van der Waals surface area (Å²) in [5, 5.41) is 16.9. The van der Waals surface area contributed by atoms with Crippen molar-refractivity contribution in [2.45, 2.75) is 26.4 Å². The van der Waals surface area contributed by atoms with Crippen molar-refractivity contribution in [3.8, 4) is 10.9 Å². The minimum Gasteiger partial charge on any atom is -0.426 e. The number of aryl methyl sites for hydroxylation is 1. The fraction of sp³-hybridized carbons (Fsp3) is 0.583. The van der Waals surface area contributed by atoms with E-state index in [0.29, 0.717) is 24.1 Å². The summed E-state index contributed by atoms with van der Waals surface area (Å²) in [6.45, 7) is 5.12. The fourth-order valence-corrected chi connectivity index (χ4v) is 2.25. The van der Waals surface area contributed by atoms with Crippen LogP contribution < -0.4 is 10.1 Å². The van der Waals surface area contributed by atoms with Crippen molar-refractivity contribution in [1.29, 1.82) is 0 Å². The third-order valence-corrected chi connectivity index (χ3v) is 3.28. The van der Waals surface area contributed by atoms with Crippen molar-refractivity contribution >= 4 is 11.3 Å². The summed E-state index contributed by atoms with van der Waals surface area (Å²) in [5.74, 6) is 0.688. The van der Waals surface area contributed by atoms with Gasteiger partial charge in [-0.05, 0) is 6.42 Å². The first-order chi connectivity index (χ1) is 9.81. The first-order valence-electron chi connectivity index (χ1n) is 6.54. The van der Waals surface area contributed by atoms with Crippen LogP contribution in [0.1, 0.15) is 18.4 Å². The fourth-order valence-electron chi connectivity index (χ4n) is 1.57. The maximum atomic E-state index is 5.62. The molecule has 0 radical (unpaired) electrons. The van der Waals surface area contributed by atoms with Crippen LogP contribution in [-0.2, 0) is 17.8 Å². The number of methoxy groups -OCH3 is 1. The molecule has 0 bridgehead atoms. The van der Waals surface area contributed by atoms with Crippen molar-refractivity contribution in [2.24, 2.45) is 0 Å². The molecule has 110 valence electrons. The number of aromatic nitrogens is 4. The zero-order valence-electron chi connectivity index (χ0n) is 11.7. The molecule has 1 N–H and O–H groups in total. The molecule has 0 saturated carbocycles. The summed E-state index contributed by atoms with van der Waals surface area (Å²) >= 11 is 1.42. The highest BCUT2D eigenvalue weighted by Gasteiger charge is 2.07. The number of nitrogens with zero attached hydrogens (tertiary/aromatic N) is 4. The molecule has 0 aliphatic rings. The van der Waals surface area contributed by atoms with Crippen LogP contribution >= 0.6 is 11.3 Å². The van der Waals surface area contributed by atoms with Crippen LogP contribution in [0.25, 0.3) is 0 Å². The van der Waals surface area contributed by atoms with Crippen LogP contribution in [0, 0.1) is 0 Å². The van der Waals surface area contributed by atoms with Gasteiger partial charge in [-0.15, -0.1) is 5.10 Å². The molecule has 20 heavy (non-hydrogen) atoms. The van der Waals surface area contributed by atoms with Crippen molar-refractivity contribution in [2.75, 3.05) is 20.3 Å². The topological polar surface area (TPSA) is 74.1 Å². The Morgan fingerprint density at radius 2 is 2.30 bits per heavy atom. The van der Waals surface area contributed by atoms with E-state index in [0.717, 1.165) is 24.5 Å². The molecule has 0 spiro atoms. The number of ether oxygens (including phenoxy) is 2. The summed E-state index contributed by atoms with van der Waals surface area (Å²) in [4.78, 5) is 0. The van der Waals surface area contributed by atoms with Gasteiger partial charge in [-0.25, -0.2) is 0 Å². The van der Waals surface area contributed by atoms with Gasteiger partial charge in [0, 0.05) is 26.7 Å². The zero-order valence-corrected chi connectivity index (χ0v) is 12.5. The summed E-state index contributed by atoms with van der Waals surface area (Å²) in [6, 6.07) is 0. The highest BCUT2D eigenvalue weighted by molar-refractivity contribution is 7.13. The lowest BCUT2D eigenvalue weighted by atomic mass is 10.5. The molecule has 0 aliphatic carbocycles. The largest absolute Gasteiger partial charge is 0.426 e. The predicted octanol–water partition coefficient (Wildman–Crippen LogP) is 1.67. The molecule has 0 aliphatic heterocycles. The lowest BCUT2D eigenvalue weighted by molar-refractivity contribution is 0.199. The second-order valence-electron chi connectivity index (χ2n) is 4.17. The van der Waals surface area contributed by atoms with Gasteiger partial charge in [0.05, 0.1) is 19.0 Å². The monoisotopic (exact) mass is 297 g/mol. The van der Waals surface area contributed by atoms with E-state index in [1.54, 1.807) is 13.3 Å². The smallest absolute Gasteiger partial charge is 0.299 e. The Kier molecular flexibility index (Phi) is 5.90. The molecule has 0 fully saturated rings. The van der Waals surface area contributed by atoms with Gasteiger partial charge in [0.15, 0.2) is 5.75 Å². The normalized spacial score (nSPS) is 10.9. The first kappa shape index (κ1) is 14.9. The van der Waals surface area contributed by atoms with E-state index in [4.69, 9.17) is 9.47 Å². The van der Waals surface area contributed by atoms with Crippen molar-refractivity contribution in [3.63, 3.8) is 0 Å². The molecule has 0 aromatic carbocycles. The van der Waals surface area contributed by atoms with Gasteiger partial charge in [0.25, 0.3) is 5.19 Å². The average Bonchev–Trinajstić information content (AvgIpc) is 3.06. The van der Waals surface area contributed by atoms with E-state index < -0.39 is 0 Å². The first-order valence-corrected chi connectivity index (χ1v) is 7.35. The van der Waals surface area contributed by atoms with Gasteiger partial charge in [-0.3, -0.25) is 4.68 Å². The summed E-state index contributed by atoms with van der Waals surface area (Å²) in [5.41, 5.74) is 0. The van der Waals surface area contributed by atoms with Crippen molar-refractivity contribution < 1.29 is 9.47 Å². The van der Waals surface area contributed by atoms with Crippen molar-refractivity contribution in [1.82, 2.24) is 25.3 Å². The van der Waals surface area contributed by atoms with Crippen LogP contribution in [0.4, 0.5) is 0 Å². The molecule has 8 heteroatoms. The van der Waals surface area contributed by atoms with Crippen LogP contribution in [0.2, 0.25) is 0 Å². The van der Waals surface area contributed by atoms with E-state index in [2.05, 4.69) is 27.5 Å². The molecule has 2 rings (SSSR count). The molecule has 2 aromatic heterocycles. The SMILES string of the molecule is CCCn1cc(Oc2nnc(CNCCOC)s2)cn1. The average molecular weight is 297 g/mol. The molecule has 0 saturated heterocycles.